The Morgan fingerprint density at radius 1 is 0.699 bits per heavy atom. The van der Waals surface area contributed by atoms with E-state index in [0.29, 0.717) is 22.0 Å². The Kier molecular flexibility index (Phi) is 23.5. The van der Waals surface area contributed by atoms with Gasteiger partial charge in [0.25, 0.3) is 5.91 Å². The number of rotatable bonds is 18. The number of phenols is 1. The summed E-state index contributed by atoms with van der Waals surface area (Å²) in [6.07, 6.45) is -5.41. The predicted octanol–water partition coefficient (Wildman–Crippen LogP) is -0.0189. The first kappa shape index (κ1) is 69.2. The summed E-state index contributed by atoms with van der Waals surface area (Å²) in [7, 11) is 0. The molecule has 3 saturated heterocycles. The molecule has 1 aromatic heterocycles. The van der Waals surface area contributed by atoms with Crippen LogP contribution in [0.2, 0.25) is 0 Å². The van der Waals surface area contributed by atoms with Crippen LogP contribution in [0.25, 0.3) is 32.3 Å². The highest BCUT2D eigenvalue weighted by molar-refractivity contribution is 7.17. The third kappa shape index (κ3) is 17.2. The molecule has 1 saturated carbocycles. The summed E-state index contributed by atoms with van der Waals surface area (Å²) < 4.78 is 11.9. The standard InChI is InChI=1S/C65H83N11O16S/c1-34-32-76-55(56(34)83)61(88)68-31-42(78)29-46(69-57(84)39-12-16-41(17-13-39)63-74-73-62(93-63)40-14-10-37(11-15-40)38-18-20-45(21-19-38)92-44-7-4-3-5-8-44)58(85)70-52(35(2)77)64(89)75-33-43(79)30-47(75)59(86)71-53(60(87)72-54(65(76)90)49(81)23-25-67)50(82)27-36-9-22-48(80)51(28-36)91-26-6-24-66/h9-22,28,34-35,42-44,46-47,49-50,52-56,77-83H,3-8,23-27,29-33,66-67H2,1-2H3,(H,68,88)(H,69,84)(H,70,85)(H,71,86)(H,72,87)/t34-,35+,42+,43+,46-,47-,49+,50+,52-,53-,54-,55-,56-/m0/s1. The van der Waals surface area contributed by atoms with Crippen molar-refractivity contribution in [3.8, 4) is 49.5 Å². The van der Waals surface area contributed by atoms with Crippen molar-refractivity contribution in [2.75, 3.05) is 39.3 Å². The lowest BCUT2D eigenvalue weighted by Crippen LogP contribution is -2.64. The van der Waals surface area contributed by atoms with Gasteiger partial charge in [0.2, 0.25) is 35.4 Å². The van der Waals surface area contributed by atoms with Crippen LogP contribution in [0.15, 0.2) is 91.0 Å². The number of nitrogens with zero attached hydrogens (tertiary/aromatic N) is 4. The second-order valence-corrected chi connectivity index (χ2v) is 25.3. The van der Waals surface area contributed by atoms with Gasteiger partial charge in [-0.15, -0.1) is 10.2 Å². The number of nitrogens with two attached hydrogens (primary N) is 2. The SMILES string of the molecule is C[C@@H](O)[C@@H]1NC(=O)[C@@H](NC(=O)c2ccc(-c3nnc(-c4ccc(-c5ccc(OC6CCCCC6)cc5)cc4)s3)cc2)C[C@@H](O)CNC(=O)[C@@H]2[C@@H](O)[C@@H](C)CN2C(=O)[C@H]([C@H](O)CCN)NC(=O)[C@H]([C@H](O)Cc2ccc(O)c(OCCCN)c2)NC(=O)[C@@H]2C[C@@H](O)CN2C1=O. The van der Waals surface area contributed by atoms with Crippen molar-refractivity contribution >= 4 is 52.7 Å². The highest BCUT2D eigenvalue weighted by Gasteiger charge is 2.50. The molecule has 500 valence electrons. The smallest absolute Gasteiger partial charge is 0.251 e. The molecule has 13 atom stereocenters. The molecule has 0 spiro atoms. The monoisotopic (exact) mass is 1310 g/mol. The molecule has 0 bridgehead atoms. The van der Waals surface area contributed by atoms with Crippen LogP contribution in [-0.2, 0) is 35.2 Å². The van der Waals surface area contributed by atoms with Crippen molar-refractivity contribution in [3.05, 3.63) is 102 Å². The molecular formula is C65H83N11O16S. The number of aromatic nitrogens is 2. The summed E-state index contributed by atoms with van der Waals surface area (Å²) in [6.45, 7) is 1.39. The van der Waals surface area contributed by atoms with E-state index in [1.807, 2.05) is 48.5 Å². The average molecular weight is 1310 g/mol. The molecule has 27 nitrogen and oxygen atoms in total. The van der Waals surface area contributed by atoms with Gasteiger partial charge in [0.1, 0.15) is 52.0 Å². The van der Waals surface area contributed by atoms with Gasteiger partial charge in [-0.2, -0.15) is 0 Å². The number of amides is 7. The average Bonchev–Trinajstić information content (AvgIpc) is 1.70. The largest absolute Gasteiger partial charge is 0.504 e. The Balaban J connectivity index is 0.959. The summed E-state index contributed by atoms with van der Waals surface area (Å²) in [5, 5.41) is 102. The van der Waals surface area contributed by atoms with Gasteiger partial charge in [-0.05, 0) is 112 Å². The van der Waals surface area contributed by atoms with Crippen molar-refractivity contribution in [3.63, 3.8) is 0 Å². The van der Waals surface area contributed by atoms with Crippen molar-refractivity contribution in [2.45, 2.75) is 157 Å². The molecule has 4 fully saturated rings. The minimum Gasteiger partial charge on any atom is -0.504 e. The number of aliphatic hydroxyl groups excluding tert-OH is 6. The molecule has 9 rings (SSSR count). The van der Waals surface area contributed by atoms with E-state index in [1.54, 1.807) is 12.1 Å². The number of ether oxygens (including phenoxy) is 2. The summed E-state index contributed by atoms with van der Waals surface area (Å²) in [5.41, 5.74) is 15.2. The van der Waals surface area contributed by atoms with Gasteiger partial charge in [0, 0.05) is 61.5 Å². The molecule has 16 N–H and O–H groups in total. The van der Waals surface area contributed by atoms with E-state index in [4.69, 9.17) is 20.9 Å². The van der Waals surface area contributed by atoms with Crippen molar-refractivity contribution in [1.29, 1.82) is 0 Å². The Bertz CT molecular complexity index is 3410. The van der Waals surface area contributed by atoms with Crippen LogP contribution in [0.4, 0.5) is 0 Å². The zero-order valence-electron chi connectivity index (χ0n) is 51.7. The number of hydrogen-bond acceptors (Lipinski definition) is 21. The van der Waals surface area contributed by atoms with Crippen LogP contribution in [0.5, 0.6) is 17.2 Å². The van der Waals surface area contributed by atoms with Gasteiger partial charge in [-0.3, -0.25) is 33.6 Å². The molecule has 7 amide bonds. The number of aromatic hydroxyl groups is 1. The van der Waals surface area contributed by atoms with Crippen LogP contribution in [-0.4, -0.2) is 215 Å². The fraction of sp³-hybridized carbons (Fsp3) is 0.492. The van der Waals surface area contributed by atoms with Gasteiger partial charge in [-0.25, -0.2) is 0 Å². The summed E-state index contributed by atoms with van der Waals surface area (Å²) in [4.78, 5) is 103. The summed E-state index contributed by atoms with van der Waals surface area (Å²) >= 11 is 1.32. The van der Waals surface area contributed by atoms with E-state index < -0.39 is 152 Å². The molecule has 4 aliphatic rings. The van der Waals surface area contributed by atoms with E-state index in [1.165, 1.54) is 67.9 Å². The maximum Gasteiger partial charge on any atom is 0.251 e. The fourth-order valence-electron chi connectivity index (χ4n) is 12.1. The number of nitrogens with one attached hydrogen (secondary N) is 5. The first-order chi connectivity index (χ1) is 44.6. The molecule has 3 aliphatic heterocycles. The molecule has 5 aromatic rings. The van der Waals surface area contributed by atoms with Crippen LogP contribution in [0, 0.1) is 5.92 Å². The zero-order valence-corrected chi connectivity index (χ0v) is 52.5. The first-order valence-electron chi connectivity index (χ1n) is 31.5. The number of phenolic OH excluding ortho intramolecular Hbond substituents is 1. The van der Waals surface area contributed by atoms with E-state index in [9.17, 15) is 69.3 Å². The molecule has 4 heterocycles. The second-order valence-electron chi connectivity index (χ2n) is 24.3. The van der Waals surface area contributed by atoms with Crippen LogP contribution in [0.3, 0.4) is 0 Å². The number of fused-ring (bicyclic) bond motifs is 2. The quantitative estimate of drug-likeness (QED) is 0.0513. The third-order valence-corrected chi connectivity index (χ3v) is 18.3. The Hall–Kier alpha value is -8.19. The first-order valence-corrected chi connectivity index (χ1v) is 32.3. The highest BCUT2D eigenvalue weighted by atomic mass is 32.1. The minimum absolute atomic E-state index is 0.00356. The van der Waals surface area contributed by atoms with Crippen molar-refractivity contribution < 1.29 is 78.8 Å². The van der Waals surface area contributed by atoms with Crippen LogP contribution >= 0.6 is 11.3 Å². The van der Waals surface area contributed by atoms with E-state index in [0.717, 1.165) is 52.0 Å². The Morgan fingerprint density at radius 3 is 1.96 bits per heavy atom. The number of aliphatic hydroxyl groups is 6. The maximum absolute atomic E-state index is 14.7. The van der Waals surface area contributed by atoms with E-state index >= 15 is 0 Å². The number of β-amino-alcohol motifs (C(OH)–C–C–N with tert-alkyl or cyclic N) is 1. The second kappa shape index (κ2) is 31.6. The number of carbonyl (C=O) groups is 7. The molecule has 1 aliphatic carbocycles. The summed E-state index contributed by atoms with van der Waals surface area (Å²) in [5.74, 6) is -7.73. The van der Waals surface area contributed by atoms with Crippen molar-refractivity contribution in [2.24, 2.45) is 17.4 Å². The van der Waals surface area contributed by atoms with Crippen LogP contribution in [0.1, 0.15) is 87.6 Å². The van der Waals surface area contributed by atoms with Crippen LogP contribution < -0.4 is 47.5 Å². The maximum atomic E-state index is 14.7. The molecule has 0 radical (unpaired) electrons. The number of hydrogen-bond donors (Lipinski definition) is 14. The Labute approximate surface area is 541 Å². The zero-order chi connectivity index (χ0) is 66.6. The van der Waals surface area contributed by atoms with Gasteiger partial charge >= 0.3 is 0 Å². The Morgan fingerprint density at radius 2 is 1.31 bits per heavy atom. The molecular weight excluding hydrogens is 1220 g/mol. The van der Waals surface area contributed by atoms with Gasteiger partial charge in [-0.1, -0.05) is 79.3 Å². The molecule has 0 unspecified atom stereocenters. The summed E-state index contributed by atoms with van der Waals surface area (Å²) in [6, 6.07) is 15.3. The molecule has 4 aromatic carbocycles. The highest BCUT2D eigenvalue weighted by Crippen LogP contribution is 2.34. The van der Waals surface area contributed by atoms with E-state index in [-0.39, 0.29) is 61.4 Å². The lowest BCUT2D eigenvalue weighted by Gasteiger charge is -2.34. The van der Waals surface area contributed by atoms with Gasteiger partial charge in [0.15, 0.2) is 11.5 Å². The third-order valence-electron chi connectivity index (χ3n) is 17.3. The van der Waals surface area contributed by atoms with Crippen molar-refractivity contribution in [1.82, 2.24) is 46.6 Å². The van der Waals surface area contributed by atoms with Gasteiger partial charge in [0.05, 0.1) is 49.3 Å². The fourth-order valence-corrected chi connectivity index (χ4v) is 12.9. The lowest BCUT2D eigenvalue weighted by molar-refractivity contribution is -0.147. The number of carbonyl (C=O) groups excluding carboxylic acids is 7. The lowest BCUT2D eigenvalue weighted by atomic mass is 9.98. The minimum atomic E-state index is -2.04. The van der Waals surface area contributed by atoms with E-state index in [2.05, 4.69) is 36.8 Å². The number of benzene rings is 4. The molecule has 28 heteroatoms. The van der Waals surface area contributed by atoms with Gasteiger partial charge < -0.3 is 93.1 Å². The normalized spacial score (nSPS) is 25.7. The predicted molar refractivity (Wildman–Crippen MR) is 340 cm³/mol. The molecule has 93 heavy (non-hydrogen) atoms. The topological polar surface area (TPSA) is 424 Å².